The number of carbonyl (C=O) groups excluding carboxylic acids is 1. The highest BCUT2D eigenvalue weighted by Gasteiger charge is 2.14. The van der Waals surface area contributed by atoms with E-state index in [4.69, 9.17) is 19.9 Å². The fraction of sp³-hybridized carbons (Fsp3) is 0.909. The molecule has 0 fully saturated rings. The number of nitrogens with two attached hydrogens (primary N) is 1. The van der Waals surface area contributed by atoms with Gasteiger partial charge < -0.3 is 19.9 Å². The van der Waals surface area contributed by atoms with Crippen LogP contribution in [0.15, 0.2) is 0 Å². The molecule has 0 rings (SSSR count). The van der Waals surface area contributed by atoms with Gasteiger partial charge in [0.25, 0.3) is 0 Å². The molecule has 5 heteroatoms. The summed E-state index contributed by atoms with van der Waals surface area (Å²) in [5.74, 6) is -0.398. The van der Waals surface area contributed by atoms with E-state index in [-0.39, 0.29) is 0 Å². The van der Waals surface area contributed by atoms with Gasteiger partial charge in [0.1, 0.15) is 6.10 Å². The summed E-state index contributed by atoms with van der Waals surface area (Å²) in [5.41, 5.74) is 5.22. The monoisotopic (exact) mass is 233 g/mol. The van der Waals surface area contributed by atoms with E-state index >= 15 is 0 Å². The molecule has 0 aliphatic heterocycles. The van der Waals surface area contributed by atoms with Crippen LogP contribution in [-0.2, 0) is 19.0 Å². The summed E-state index contributed by atoms with van der Waals surface area (Å²) >= 11 is 0. The molecule has 0 aliphatic rings. The predicted molar refractivity (Wildman–Crippen MR) is 61.2 cm³/mol. The molecular weight excluding hydrogens is 210 g/mol. The van der Waals surface area contributed by atoms with Gasteiger partial charge in [0.05, 0.1) is 26.4 Å². The Bertz CT molecular complexity index is 175. The number of unbranched alkanes of at least 4 members (excludes halogenated alkanes) is 1. The van der Waals surface area contributed by atoms with Gasteiger partial charge in [0.2, 0.25) is 5.91 Å². The molecule has 1 atom stereocenters. The van der Waals surface area contributed by atoms with E-state index < -0.39 is 12.0 Å². The molecule has 0 heterocycles. The largest absolute Gasteiger partial charge is 0.382 e. The summed E-state index contributed by atoms with van der Waals surface area (Å²) < 4.78 is 15.4. The van der Waals surface area contributed by atoms with Crippen molar-refractivity contribution in [1.29, 1.82) is 0 Å². The molecule has 1 amide bonds. The van der Waals surface area contributed by atoms with E-state index in [2.05, 4.69) is 6.92 Å². The first-order valence-electron chi connectivity index (χ1n) is 5.70. The Labute approximate surface area is 97.2 Å². The van der Waals surface area contributed by atoms with Gasteiger partial charge in [-0.25, -0.2) is 0 Å². The van der Waals surface area contributed by atoms with E-state index in [0.717, 1.165) is 12.8 Å². The average molecular weight is 233 g/mol. The Balaban J connectivity index is 3.48. The number of amides is 1. The summed E-state index contributed by atoms with van der Waals surface area (Å²) in [6, 6.07) is 0. The van der Waals surface area contributed by atoms with E-state index in [9.17, 15) is 4.79 Å². The molecule has 1 unspecified atom stereocenters. The number of hydrogen-bond donors (Lipinski definition) is 1. The van der Waals surface area contributed by atoms with E-state index in [0.29, 0.717) is 32.8 Å². The van der Waals surface area contributed by atoms with Gasteiger partial charge in [-0.1, -0.05) is 19.8 Å². The lowest BCUT2D eigenvalue weighted by Gasteiger charge is -2.14. The standard InChI is InChI=1S/C11H23NO4/c1-3-4-5-10(11(12)13)16-9-8-15-7-6-14-2/h10H,3-9H2,1-2H3,(H2,12,13). The van der Waals surface area contributed by atoms with Crippen molar-refractivity contribution in [2.24, 2.45) is 5.73 Å². The maximum absolute atomic E-state index is 11.0. The van der Waals surface area contributed by atoms with Crippen molar-refractivity contribution < 1.29 is 19.0 Å². The lowest BCUT2D eigenvalue weighted by Crippen LogP contribution is -2.32. The third kappa shape index (κ3) is 8.64. The van der Waals surface area contributed by atoms with Crippen LogP contribution in [0, 0.1) is 0 Å². The Kier molecular flexibility index (Phi) is 10.4. The highest BCUT2D eigenvalue weighted by atomic mass is 16.5. The predicted octanol–water partition coefficient (Wildman–Crippen LogP) is 0.710. The van der Waals surface area contributed by atoms with Gasteiger partial charge in [0, 0.05) is 7.11 Å². The number of methoxy groups -OCH3 is 1. The first kappa shape index (κ1) is 15.3. The van der Waals surface area contributed by atoms with Crippen molar-refractivity contribution in [3.05, 3.63) is 0 Å². The zero-order valence-corrected chi connectivity index (χ0v) is 10.2. The molecule has 0 saturated carbocycles. The zero-order chi connectivity index (χ0) is 12.2. The number of hydrogen-bond acceptors (Lipinski definition) is 4. The lowest BCUT2D eigenvalue weighted by molar-refractivity contribution is -0.131. The zero-order valence-electron chi connectivity index (χ0n) is 10.2. The van der Waals surface area contributed by atoms with Crippen molar-refractivity contribution in [3.8, 4) is 0 Å². The maximum atomic E-state index is 11.0. The molecule has 96 valence electrons. The Hall–Kier alpha value is -0.650. The quantitative estimate of drug-likeness (QED) is 0.533. The second-order valence-corrected chi connectivity index (χ2v) is 3.51. The first-order valence-corrected chi connectivity index (χ1v) is 5.70. The molecular formula is C11H23NO4. The van der Waals surface area contributed by atoms with E-state index in [1.807, 2.05) is 0 Å². The minimum atomic E-state index is -0.481. The molecule has 0 bridgehead atoms. The van der Waals surface area contributed by atoms with Crippen molar-refractivity contribution >= 4 is 5.91 Å². The smallest absolute Gasteiger partial charge is 0.246 e. The third-order valence-corrected chi connectivity index (χ3v) is 2.12. The Morgan fingerprint density at radius 1 is 1.25 bits per heavy atom. The molecule has 0 aromatic rings. The summed E-state index contributed by atoms with van der Waals surface area (Å²) in [5, 5.41) is 0. The number of primary amides is 1. The number of ether oxygens (including phenoxy) is 3. The second-order valence-electron chi connectivity index (χ2n) is 3.51. The normalized spacial score (nSPS) is 12.6. The van der Waals surface area contributed by atoms with Crippen LogP contribution in [0.4, 0.5) is 0 Å². The van der Waals surface area contributed by atoms with Crippen LogP contribution in [0.5, 0.6) is 0 Å². The summed E-state index contributed by atoms with van der Waals surface area (Å²) in [6.45, 7) is 4.01. The van der Waals surface area contributed by atoms with Gasteiger partial charge in [-0.2, -0.15) is 0 Å². The minimum Gasteiger partial charge on any atom is -0.382 e. The van der Waals surface area contributed by atoms with Gasteiger partial charge in [0.15, 0.2) is 0 Å². The van der Waals surface area contributed by atoms with Crippen LogP contribution in [0.2, 0.25) is 0 Å². The van der Waals surface area contributed by atoms with Crippen LogP contribution < -0.4 is 5.73 Å². The van der Waals surface area contributed by atoms with Crippen molar-refractivity contribution in [2.45, 2.75) is 32.3 Å². The van der Waals surface area contributed by atoms with E-state index in [1.54, 1.807) is 7.11 Å². The van der Waals surface area contributed by atoms with Gasteiger partial charge in [-0.3, -0.25) is 4.79 Å². The average Bonchev–Trinajstić information content (AvgIpc) is 2.26. The van der Waals surface area contributed by atoms with Gasteiger partial charge >= 0.3 is 0 Å². The van der Waals surface area contributed by atoms with Crippen molar-refractivity contribution in [1.82, 2.24) is 0 Å². The van der Waals surface area contributed by atoms with Crippen molar-refractivity contribution in [2.75, 3.05) is 33.5 Å². The number of rotatable bonds is 11. The first-order chi connectivity index (χ1) is 7.72. The summed E-state index contributed by atoms with van der Waals surface area (Å²) in [4.78, 5) is 11.0. The highest BCUT2D eigenvalue weighted by molar-refractivity contribution is 5.78. The maximum Gasteiger partial charge on any atom is 0.246 e. The summed E-state index contributed by atoms with van der Waals surface area (Å²) in [7, 11) is 1.62. The molecule has 16 heavy (non-hydrogen) atoms. The molecule has 2 N–H and O–H groups in total. The van der Waals surface area contributed by atoms with Crippen LogP contribution in [0.1, 0.15) is 26.2 Å². The molecule has 0 radical (unpaired) electrons. The van der Waals surface area contributed by atoms with Crippen LogP contribution in [0.3, 0.4) is 0 Å². The van der Waals surface area contributed by atoms with Gasteiger partial charge in [-0.05, 0) is 6.42 Å². The SMILES string of the molecule is CCCCC(OCCOCCOC)C(N)=O. The number of carbonyl (C=O) groups is 1. The topological polar surface area (TPSA) is 70.8 Å². The Morgan fingerprint density at radius 3 is 2.50 bits per heavy atom. The van der Waals surface area contributed by atoms with Crippen LogP contribution in [-0.4, -0.2) is 45.5 Å². The lowest BCUT2D eigenvalue weighted by atomic mass is 10.1. The molecule has 0 saturated heterocycles. The van der Waals surface area contributed by atoms with Crippen LogP contribution >= 0.6 is 0 Å². The van der Waals surface area contributed by atoms with E-state index in [1.165, 1.54) is 0 Å². The second kappa shape index (κ2) is 10.9. The van der Waals surface area contributed by atoms with Crippen LogP contribution in [0.25, 0.3) is 0 Å². The fourth-order valence-electron chi connectivity index (χ4n) is 1.19. The molecule has 0 aromatic carbocycles. The fourth-order valence-corrected chi connectivity index (χ4v) is 1.19. The van der Waals surface area contributed by atoms with Gasteiger partial charge in [-0.15, -0.1) is 0 Å². The molecule has 0 aliphatic carbocycles. The Morgan fingerprint density at radius 2 is 1.94 bits per heavy atom. The van der Waals surface area contributed by atoms with Crippen molar-refractivity contribution in [3.63, 3.8) is 0 Å². The third-order valence-electron chi connectivity index (χ3n) is 2.12. The minimum absolute atomic E-state index is 0.390. The molecule has 0 spiro atoms. The summed E-state index contributed by atoms with van der Waals surface area (Å²) in [6.07, 6.45) is 2.17. The molecule has 0 aromatic heterocycles. The molecule has 5 nitrogen and oxygen atoms in total. The highest BCUT2D eigenvalue weighted by Crippen LogP contribution is 2.04.